The third-order valence-electron chi connectivity index (χ3n) is 2.76. The van der Waals surface area contributed by atoms with Gasteiger partial charge in [0, 0.05) is 12.7 Å². The predicted octanol–water partition coefficient (Wildman–Crippen LogP) is 1.55. The minimum absolute atomic E-state index is 0.0155. The summed E-state index contributed by atoms with van der Waals surface area (Å²) >= 11 is 0. The fourth-order valence-corrected chi connectivity index (χ4v) is 1.80. The smallest absolute Gasteiger partial charge is 0.122 e. The van der Waals surface area contributed by atoms with Crippen molar-refractivity contribution in [1.29, 1.82) is 0 Å². The number of nitrogens with one attached hydrogen (secondary N) is 1. The maximum atomic E-state index is 5.57. The highest BCUT2D eigenvalue weighted by Crippen LogP contribution is 2.19. The van der Waals surface area contributed by atoms with Crippen molar-refractivity contribution in [3.63, 3.8) is 0 Å². The Bertz CT molecular complexity index is 474. The van der Waals surface area contributed by atoms with Gasteiger partial charge in [-0.15, -0.1) is 0 Å². The largest absolute Gasteiger partial charge is 0.465 e. The summed E-state index contributed by atoms with van der Waals surface area (Å²) in [6.45, 7) is 4.86. The molecule has 5 heteroatoms. The molecular formula is C12H18N4O. The molecule has 5 nitrogen and oxygen atoms in total. The lowest BCUT2D eigenvalue weighted by Crippen LogP contribution is -2.29. The summed E-state index contributed by atoms with van der Waals surface area (Å²) in [5, 5.41) is 4.24. The molecule has 1 unspecified atom stereocenters. The van der Waals surface area contributed by atoms with Crippen molar-refractivity contribution in [3.8, 4) is 0 Å². The van der Waals surface area contributed by atoms with Gasteiger partial charge in [0.1, 0.15) is 11.5 Å². The second kappa shape index (κ2) is 5.16. The second-order valence-corrected chi connectivity index (χ2v) is 4.08. The molecule has 2 rings (SSSR count). The number of aryl methyl sites for hydroxylation is 2. The van der Waals surface area contributed by atoms with Gasteiger partial charge < -0.3 is 4.42 Å². The number of rotatable bonds is 5. The summed E-state index contributed by atoms with van der Waals surface area (Å²) in [5.41, 5.74) is 3.92. The van der Waals surface area contributed by atoms with Gasteiger partial charge in [-0.3, -0.25) is 10.5 Å². The van der Waals surface area contributed by atoms with Crippen LogP contribution in [0.1, 0.15) is 30.0 Å². The summed E-state index contributed by atoms with van der Waals surface area (Å²) < 4.78 is 7.47. The number of nitrogens with zero attached hydrogens (tertiary/aromatic N) is 2. The molecule has 0 fully saturated rings. The van der Waals surface area contributed by atoms with Gasteiger partial charge in [0.2, 0.25) is 0 Å². The predicted molar refractivity (Wildman–Crippen MR) is 65.1 cm³/mol. The van der Waals surface area contributed by atoms with Crippen LogP contribution in [0.25, 0.3) is 0 Å². The average molecular weight is 234 g/mol. The van der Waals surface area contributed by atoms with Crippen LogP contribution in [-0.2, 0) is 13.0 Å². The maximum absolute atomic E-state index is 5.57. The Balaban J connectivity index is 2.09. The zero-order valence-corrected chi connectivity index (χ0v) is 10.2. The Labute approximate surface area is 101 Å². The second-order valence-electron chi connectivity index (χ2n) is 4.08. The van der Waals surface area contributed by atoms with Crippen LogP contribution in [0.2, 0.25) is 0 Å². The van der Waals surface area contributed by atoms with Crippen LogP contribution in [0, 0.1) is 6.92 Å². The van der Waals surface area contributed by atoms with E-state index in [0.717, 1.165) is 30.0 Å². The standard InChI is InChI=1S/C12H18N4O/c1-3-16-8-10(7-14-16)6-11(15-13)12-5-4-9(2)17-12/h4-5,7-8,11,15H,3,6,13H2,1-2H3. The lowest BCUT2D eigenvalue weighted by atomic mass is 10.1. The van der Waals surface area contributed by atoms with Gasteiger partial charge in [-0.1, -0.05) is 0 Å². The zero-order chi connectivity index (χ0) is 12.3. The molecule has 0 radical (unpaired) electrons. The van der Waals surface area contributed by atoms with Gasteiger partial charge >= 0.3 is 0 Å². The molecule has 0 bridgehead atoms. The molecule has 0 amide bonds. The highest BCUT2D eigenvalue weighted by atomic mass is 16.3. The molecule has 0 aliphatic heterocycles. The SMILES string of the molecule is CCn1cc(CC(NN)c2ccc(C)o2)cn1. The van der Waals surface area contributed by atoms with Crippen LogP contribution < -0.4 is 11.3 Å². The van der Waals surface area contributed by atoms with Crippen molar-refractivity contribution in [2.45, 2.75) is 32.9 Å². The third-order valence-corrected chi connectivity index (χ3v) is 2.76. The van der Waals surface area contributed by atoms with E-state index in [1.54, 1.807) is 0 Å². The van der Waals surface area contributed by atoms with Crippen molar-refractivity contribution in [2.24, 2.45) is 5.84 Å². The number of hydrogen-bond donors (Lipinski definition) is 2. The molecule has 1 atom stereocenters. The Hall–Kier alpha value is -1.59. The number of hydrazine groups is 1. The van der Waals surface area contributed by atoms with Gasteiger partial charge in [-0.05, 0) is 38.0 Å². The van der Waals surface area contributed by atoms with Gasteiger partial charge in [0.25, 0.3) is 0 Å². The minimum Gasteiger partial charge on any atom is -0.465 e. The van der Waals surface area contributed by atoms with E-state index in [0.29, 0.717) is 0 Å². The molecule has 17 heavy (non-hydrogen) atoms. The van der Waals surface area contributed by atoms with E-state index < -0.39 is 0 Å². The van der Waals surface area contributed by atoms with E-state index in [9.17, 15) is 0 Å². The van der Waals surface area contributed by atoms with Crippen LogP contribution in [0.15, 0.2) is 28.9 Å². The molecule has 0 aromatic carbocycles. The first-order valence-corrected chi connectivity index (χ1v) is 5.76. The van der Waals surface area contributed by atoms with E-state index in [-0.39, 0.29) is 6.04 Å². The lowest BCUT2D eigenvalue weighted by Gasteiger charge is -2.11. The summed E-state index contributed by atoms with van der Waals surface area (Å²) in [5.74, 6) is 7.31. The van der Waals surface area contributed by atoms with E-state index in [4.69, 9.17) is 10.3 Å². The van der Waals surface area contributed by atoms with Crippen molar-refractivity contribution in [3.05, 3.63) is 41.6 Å². The maximum Gasteiger partial charge on any atom is 0.122 e. The fourth-order valence-electron chi connectivity index (χ4n) is 1.80. The van der Waals surface area contributed by atoms with Crippen molar-refractivity contribution >= 4 is 0 Å². The van der Waals surface area contributed by atoms with Crippen LogP contribution in [0.4, 0.5) is 0 Å². The Morgan fingerprint density at radius 3 is 2.88 bits per heavy atom. The number of nitrogens with two attached hydrogens (primary N) is 1. The number of hydrogen-bond acceptors (Lipinski definition) is 4. The Kier molecular flexibility index (Phi) is 3.61. The highest BCUT2D eigenvalue weighted by molar-refractivity contribution is 5.14. The van der Waals surface area contributed by atoms with E-state index in [2.05, 4.69) is 17.4 Å². The summed E-state index contributed by atoms with van der Waals surface area (Å²) in [4.78, 5) is 0. The zero-order valence-electron chi connectivity index (χ0n) is 10.2. The molecule has 0 spiro atoms. The number of furan rings is 1. The molecule has 92 valence electrons. The molecule has 2 aromatic rings. The van der Waals surface area contributed by atoms with Gasteiger partial charge in [0.15, 0.2) is 0 Å². The van der Waals surface area contributed by atoms with Crippen LogP contribution in [0.3, 0.4) is 0 Å². The van der Waals surface area contributed by atoms with E-state index in [1.165, 1.54) is 0 Å². The number of aromatic nitrogens is 2. The van der Waals surface area contributed by atoms with Crippen molar-refractivity contribution in [2.75, 3.05) is 0 Å². The Morgan fingerprint density at radius 2 is 2.35 bits per heavy atom. The summed E-state index contributed by atoms with van der Waals surface area (Å²) in [7, 11) is 0. The topological polar surface area (TPSA) is 69.0 Å². The first-order chi connectivity index (χ1) is 8.22. The lowest BCUT2D eigenvalue weighted by molar-refractivity contribution is 0.403. The van der Waals surface area contributed by atoms with Gasteiger partial charge in [-0.25, -0.2) is 5.43 Å². The first-order valence-electron chi connectivity index (χ1n) is 5.76. The Morgan fingerprint density at radius 1 is 1.53 bits per heavy atom. The van der Waals surface area contributed by atoms with E-state index >= 15 is 0 Å². The van der Waals surface area contributed by atoms with Gasteiger partial charge in [-0.2, -0.15) is 5.10 Å². The van der Waals surface area contributed by atoms with E-state index in [1.807, 2.05) is 36.1 Å². The average Bonchev–Trinajstić information content (AvgIpc) is 2.94. The van der Waals surface area contributed by atoms with Crippen molar-refractivity contribution < 1.29 is 4.42 Å². The quantitative estimate of drug-likeness (QED) is 0.608. The molecule has 0 saturated carbocycles. The normalized spacial score (nSPS) is 12.9. The van der Waals surface area contributed by atoms with Crippen LogP contribution in [-0.4, -0.2) is 9.78 Å². The van der Waals surface area contributed by atoms with Gasteiger partial charge in [0.05, 0.1) is 12.2 Å². The molecule has 0 aliphatic carbocycles. The fraction of sp³-hybridized carbons (Fsp3) is 0.417. The third kappa shape index (κ3) is 2.75. The van der Waals surface area contributed by atoms with Crippen LogP contribution in [0.5, 0.6) is 0 Å². The first kappa shape index (κ1) is 11.9. The summed E-state index contributed by atoms with van der Waals surface area (Å²) in [6, 6.07) is 3.87. The minimum atomic E-state index is -0.0155. The van der Waals surface area contributed by atoms with Crippen molar-refractivity contribution in [1.82, 2.24) is 15.2 Å². The molecule has 0 aliphatic rings. The highest BCUT2D eigenvalue weighted by Gasteiger charge is 2.15. The molecular weight excluding hydrogens is 216 g/mol. The molecule has 2 heterocycles. The van der Waals surface area contributed by atoms with Crippen LogP contribution >= 0.6 is 0 Å². The molecule has 0 saturated heterocycles. The monoisotopic (exact) mass is 234 g/mol. The molecule has 2 aromatic heterocycles. The molecule has 3 N–H and O–H groups in total. The summed E-state index contributed by atoms with van der Waals surface area (Å²) in [6.07, 6.45) is 4.66.